The molecule has 0 aliphatic rings. The molecule has 0 fully saturated rings. The maximum atomic E-state index is 5.64. The van der Waals surface area contributed by atoms with Gasteiger partial charge in [-0.1, -0.05) is 48.6 Å². The molecule has 84 valence electrons. The van der Waals surface area contributed by atoms with Crippen molar-refractivity contribution >= 4 is 12.2 Å². The summed E-state index contributed by atoms with van der Waals surface area (Å²) < 4.78 is 5.64. The molecule has 0 aromatic heterocycles. The monoisotopic (exact) mass is 214 g/mol. The molecule has 0 bridgehead atoms. The third kappa shape index (κ3) is 3.13. The molecule has 0 heterocycles. The van der Waals surface area contributed by atoms with Crippen LogP contribution in [0.4, 0.5) is 0 Å². The first-order valence-corrected chi connectivity index (χ1v) is 5.49. The van der Waals surface area contributed by atoms with Gasteiger partial charge in [-0.3, -0.25) is 0 Å². The summed E-state index contributed by atoms with van der Waals surface area (Å²) in [5.41, 5.74) is 2.19. The smallest absolute Gasteiger partial charge is 0.140 e. The van der Waals surface area contributed by atoms with E-state index in [9.17, 15) is 0 Å². The van der Waals surface area contributed by atoms with Gasteiger partial charge < -0.3 is 4.74 Å². The second kappa shape index (κ2) is 6.67. The van der Waals surface area contributed by atoms with Crippen molar-refractivity contribution in [3.63, 3.8) is 0 Å². The zero-order chi connectivity index (χ0) is 11.8. The minimum atomic E-state index is 0.900. The molecule has 1 aromatic carbocycles. The highest BCUT2D eigenvalue weighted by Crippen LogP contribution is 2.27. The maximum Gasteiger partial charge on any atom is 0.140 e. The lowest BCUT2D eigenvalue weighted by atomic mass is 10.1. The van der Waals surface area contributed by atoms with Crippen LogP contribution in [0.1, 0.15) is 31.9 Å². The Hall–Kier alpha value is -1.76. The molecule has 0 aliphatic heterocycles. The van der Waals surface area contributed by atoms with E-state index in [-0.39, 0.29) is 0 Å². The quantitative estimate of drug-likeness (QED) is 0.662. The van der Waals surface area contributed by atoms with Crippen molar-refractivity contribution in [2.24, 2.45) is 0 Å². The van der Waals surface area contributed by atoms with Gasteiger partial charge in [-0.25, -0.2) is 0 Å². The Morgan fingerprint density at radius 3 is 1.88 bits per heavy atom. The van der Waals surface area contributed by atoms with Crippen molar-refractivity contribution < 1.29 is 4.74 Å². The highest BCUT2D eigenvalue weighted by Gasteiger charge is 2.04. The average molecular weight is 214 g/mol. The SMILES string of the molecule is C/C=C/Oc1c(/C=C/C)cccc1/C=C/C. The number of rotatable bonds is 4. The first-order chi connectivity index (χ1) is 7.83. The number of allylic oxidation sites excluding steroid dienone is 3. The summed E-state index contributed by atoms with van der Waals surface area (Å²) in [6.45, 7) is 5.94. The fourth-order valence-corrected chi connectivity index (χ4v) is 1.47. The Labute approximate surface area is 97.8 Å². The Balaban J connectivity index is 3.22. The second-order valence-electron chi connectivity index (χ2n) is 3.35. The van der Waals surface area contributed by atoms with E-state index in [1.54, 1.807) is 6.26 Å². The molecule has 1 rings (SSSR count). The predicted octanol–water partition coefficient (Wildman–Crippen LogP) is 4.67. The van der Waals surface area contributed by atoms with Crippen LogP contribution in [0.25, 0.3) is 12.2 Å². The number of hydrogen-bond acceptors (Lipinski definition) is 1. The Morgan fingerprint density at radius 1 is 0.875 bits per heavy atom. The van der Waals surface area contributed by atoms with Gasteiger partial charge in [0.25, 0.3) is 0 Å². The molecule has 0 saturated heterocycles. The van der Waals surface area contributed by atoms with Crippen LogP contribution in [-0.2, 0) is 0 Å². The van der Waals surface area contributed by atoms with Gasteiger partial charge in [0.05, 0.1) is 6.26 Å². The standard InChI is InChI=1S/C15H18O/c1-4-8-13-10-7-11-14(9-5-2)15(13)16-12-6-3/h4-12H,1-3H3/b8-4+,9-5+,12-6+. The molecule has 1 aromatic rings. The van der Waals surface area contributed by atoms with Crippen LogP contribution < -0.4 is 4.74 Å². The van der Waals surface area contributed by atoms with Gasteiger partial charge in [-0.15, -0.1) is 0 Å². The zero-order valence-electron chi connectivity index (χ0n) is 10.1. The van der Waals surface area contributed by atoms with Crippen molar-refractivity contribution in [1.29, 1.82) is 0 Å². The van der Waals surface area contributed by atoms with E-state index >= 15 is 0 Å². The molecule has 0 spiro atoms. The number of para-hydroxylation sites is 1. The highest BCUT2D eigenvalue weighted by molar-refractivity contribution is 5.67. The van der Waals surface area contributed by atoms with Crippen LogP contribution in [0.5, 0.6) is 5.75 Å². The second-order valence-corrected chi connectivity index (χ2v) is 3.35. The minimum Gasteiger partial charge on any atom is -0.464 e. The summed E-state index contributed by atoms with van der Waals surface area (Å²) >= 11 is 0. The predicted molar refractivity (Wildman–Crippen MR) is 71.3 cm³/mol. The summed E-state index contributed by atoms with van der Waals surface area (Å²) in [4.78, 5) is 0. The van der Waals surface area contributed by atoms with Crippen molar-refractivity contribution in [3.8, 4) is 5.75 Å². The molecule has 0 aliphatic carbocycles. The molecule has 1 heteroatoms. The van der Waals surface area contributed by atoms with Gasteiger partial charge >= 0.3 is 0 Å². The molecule has 0 amide bonds. The molecule has 0 unspecified atom stereocenters. The first kappa shape index (κ1) is 12.3. The largest absolute Gasteiger partial charge is 0.464 e. The maximum absolute atomic E-state index is 5.64. The molecule has 0 radical (unpaired) electrons. The van der Waals surface area contributed by atoms with Crippen molar-refractivity contribution in [2.75, 3.05) is 0 Å². The number of ether oxygens (including phenoxy) is 1. The van der Waals surface area contributed by atoms with Crippen molar-refractivity contribution in [1.82, 2.24) is 0 Å². The molecule has 0 N–H and O–H groups in total. The summed E-state index contributed by atoms with van der Waals surface area (Å²) in [7, 11) is 0. The van der Waals surface area contributed by atoms with Gasteiger partial charge in [0, 0.05) is 11.1 Å². The molecule has 0 atom stereocenters. The Bertz CT molecular complexity index is 381. The molecular weight excluding hydrogens is 196 g/mol. The third-order valence-electron chi connectivity index (χ3n) is 2.09. The van der Waals surface area contributed by atoms with E-state index in [1.165, 1.54) is 0 Å². The first-order valence-electron chi connectivity index (χ1n) is 5.49. The lowest BCUT2D eigenvalue weighted by Gasteiger charge is -2.08. The van der Waals surface area contributed by atoms with Gasteiger partial charge in [-0.05, 0) is 20.8 Å². The average Bonchev–Trinajstić information content (AvgIpc) is 2.29. The molecule has 0 saturated carbocycles. The van der Waals surface area contributed by atoms with E-state index < -0.39 is 0 Å². The third-order valence-corrected chi connectivity index (χ3v) is 2.09. The summed E-state index contributed by atoms with van der Waals surface area (Å²) in [5.74, 6) is 0.900. The Kier molecular flexibility index (Phi) is 5.13. The van der Waals surface area contributed by atoms with E-state index in [2.05, 4.69) is 0 Å². The van der Waals surface area contributed by atoms with E-state index in [0.717, 1.165) is 16.9 Å². The van der Waals surface area contributed by atoms with E-state index in [4.69, 9.17) is 4.74 Å². The van der Waals surface area contributed by atoms with E-state index in [1.807, 2.05) is 69.4 Å². The van der Waals surface area contributed by atoms with Gasteiger partial charge in [0.15, 0.2) is 0 Å². The van der Waals surface area contributed by atoms with E-state index in [0.29, 0.717) is 0 Å². The van der Waals surface area contributed by atoms with Crippen LogP contribution in [-0.4, -0.2) is 0 Å². The highest BCUT2D eigenvalue weighted by atomic mass is 16.5. The number of benzene rings is 1. The molecular formula is C15H18O. The van der Waals surface area contributed by atoms with Crippen LogP contribution in [0.3, 0.4) is 0 Å². The lowest BCUT2D eigenvalue weighted by molar-refractivity contribution is 0.478. The lowest BCUT2D eigenvalue weighted by Crippen LogP contribution is -1.89. The van der Waals surface area contributed by atoms with Gasteiger partial charge in [-0.2, -0.15) is 0 Å². The van der Waals surface area contributed by atoms with Crippen molar-refractivity contribution in [2.45, 2.75) is 20.8 Å². The van der Waals surface area contributed by atoms with Gasteiger partial charge in [0.1, 0.15) is 5.75 Å². The van der Waals surface area contributed by atoms with Gasteiger partial charge in [0.2, 0.25) is 0 Å². The zero-order valence-corrected chi connectivity index (χ0v) is 10.1. The summed E-state index contributed by atoms with van der Waals surface area (Å²) in [5, 5.41) is 0. The normalized spacial score (nSPS) is 11.9. The number of hydrogen-bond donors (Lipinski definition) is 0. The van der Waals surface area contributed by atoms with Crippen molar-refractivity contribution in [3.05, 3.63) is 53.8 Å². The fraction of sp³-hybridized carbons (Fsp3) is 0.200. The summed E-state index contributed by atoms with van der Waals surface area (Å²) in [6.07, 6.45) is 11.7. The van der Waals surface area contributed by atoms with Crippen LogP contribution in [0.15, 0.2) is 42.7 Å². The van der Waals surface area contributed by atoms with Crippen LogP contribution in [0, 0.1) is 0 Å². The summed E-state index contributed by atoms with van der Waals surface area (Å²) in [6, 6.07) is 6.13. The Morgan fingerprint density at radius 2 is 1.44 bits per heavy atom. The molecule has 1 nitrogen and oxygen atoms in total. The van der Waals surface area contributed by atoms with Crippen LogP contribution >= 0.6 is 0 Å². The minimum absolute atomic E-state index is 0.900. The topological polar surface area (TPSA) is 9.23 Å². The van der Waals surface area contributed by atoms with Crippen LogP contribution in [0.2, 0.25) is 0 Å². The molecule has 16 heavy (non-hydrogen) atoms. The fourth-order valence-electron chi connectivity index (χ4n) is 1.47.